The van der Waals surface area contributed by atoms with Gasteiger partial charge in [-0.2, -0.15) is 5.10 Å². The number of aromatic amines is 2. The van der Waals surface area contributed by atoms with Gasteiger partial charge in [-0.15, -0.1) is 0 Å². The largest absolute Gasteiger partial charge is 0.508 e. The van der Waals surface area contributed by atoms with Crippen LogP contribution in [0, 0.1) is 11.2 Å². The molecule has 0 aliphatic heterocycles. The van der Waals surface area contributed by atoms with E-state index in [1.165, 1.54) is 12.1 Å². The number of H-pyrrole nitrogens is 2. The van der Waals surface area contributed by atoms with E-state index in [1.54, 1.807) is 12.4 Å². The number of fused-ring (bicyclic) bond motifs is 2. The second-order valence-corrected chi connectivity index (χ2v) is 10.5. The summed E-state index contributed by atoms with van der Waals surface area (Å²) in [6, 6.07) is 17.2. The molecule has 0 radical (unpaired) electrons. The summed E-state index contributed by atoms with van der Waals surface area (Å²) in [6.45, 7) is 5.56. The van der Waals surface area contributed by atoms with Gasteiger partial charge < -0.3 is 15.4 Å². The first-order valence-electron chi connectivity index (χ1n) is 12.4. The van der Waals surface area contributed by atoms with Gasteiger partial charge >= 0.3 is 0 Å². The second-order valence-electron chi connectivity index (χ2n) is 10.5. The third-order valence-electron chi connectivity index (χ3n) is 6.49. The maximum atomic E-state index is 14.0. The summed E-state index contributed by atoms with van der Waals surface area (Å²) in [4.78, 5) is 25.0. The van der Waals surface area contributed by atoms with Gasteiger partial charge in [0, 0.05) is 34.1 Å². The first-order chi connectivity index (χ1) is 18.7. The Labute approximate surface area is 223 Å². The number of pyridine rings is 2. The molecule has 0 saturated carbocycles. The number of benzene rings is 2. The molecule has 4 N–H and O–H groups in total. The lowest BCUT2D eigenvalue weighted by Gasteiger charge is -2.17. The highest BCUT2D eigenvalue weighted by molar-refractivity contribution is 6.01. The van der Waals surface area contributed by atoms with Crippen LogP contribution in [0.25, 0.3) is 55.7 Å². The van der Waals surface area contributed by atoms with Crippen molar-refractivity contribution in [2.75, 3.05) is 5.32 Å². The number of phenols is 1. The van der Waals surface area contributed by atoms with E-state index in [1.807, 2.05) is 63.2 Å². The van der Waals surface area contributed by atoms with Gasteiger partial charge in [-0.25, -0.2) is 9.37 Å². The van der Waals surface area contributed by atoms with E-state index in [0.717, 1.165) is 39.3 Å². The Morgan fingerprint density at radius 3 is 2.62 bits per heavy atom. The minimum absolute atomic E-state index is 0.103. The van der Waals surface area contributed by atoms with Crippen molar-refractivity contribution in [3.63, 3.8) is 0 Å². The Kier molecular flexibility index (Phi) is 5.64. The summed E-state index contributed by atoms with van der Waals surface area (Å²) in [6.07, 6.45) is 3.31. The van der Waals surface area contributed by atoms with Crippen molar-refractivity contribution in [2.24, 2.45) is 5.41 Å². The van der Waals surface area contributed by atoms with Crippen molar-refractivity contribution in [1.82, 2.24) is 25.1 Å². The lowest BCUT2D eigenvalue weighted by molar-refractivity contribution is -0.123. The molecule has 0 fully saturated rings. The zero-order valence-corrected chi connectivity index (χ0v) is 21.5. The fraction of sp³-hybridized carbons (Fsp3) is 0.133. The molecule has 194 valence electrons. The number of nitrogens with one attached hydrogen (secondary N) is 3. The number of hydrogen-bond donors (Lipinski definition) is 4. The van der Waals surface area contributed by atoms with E-state index in [-0.39, 0.29) is 11.7 Å². The van der Waals surface area contributed by atoms with E-state index in [9.17, 15) is 14.3 Å². The van der Waals surface area contributed by atoms with Crippen LogP contribution in [-0.2, 0) is 4.79 Å². The van der Waals surface area contributed by atoms with Gasteiger partial charge in [-0.1, -0.05) is 32.9 Å². The summed E-state index contributed by atoms with van der Waals surface area (Å²) in [5.74, 6) is -0.748. The fourth-order valence-corrected chi connectivity index (χ4v) is 4.48. The molecular formula is C30H25FN6O2. The van der Waals surface area contributed by atoms with Crippen molar-refractivity contribution in [3.05, 3.63) is 78.9 Å². The molecule has 39 heavy (non-hydrogen) atoms. The number of aromatic nitrogens is 5. The zero-order chi connectivity index (χ0) is 27.3. The third-order valence-corrected chi connectivity index (χ3v) is 6.49. The Morgan fingerprint density at radius 2 is 1.82 bits per heavy atom. The van der Waals surface area contributed by atoms with Gasteiger partial charge in [0.25, 0.3) is 0 Å². The lowest BCUT2D eigenvalue weighted by atomic mass is 9.95. The van der Waals surface area contributed by atoms with Gasteiger partial charge in [0.2, 0.25) is 5.91 Å². The quantitative estimate of drug-likeness (QED) is 0.207. The minimum Gasteiger partial charge on any atom is -0.508 e. The maximum absolute atomic E-state index is 14.0. The van der Waals surface area contributed by atoms with E-state index >= 15 is 0 Å². The van der Waals surface area contributed by atoms with Crippen molar-refractivity contribution in [3.8, 4) is 39.5 Å². The first-order valence-corrected chi connectivity index (χ1v) is 12.4. The normalized spacial score (nSPS) is 11.8. The molecule has 0 unspecified atom stereocenters. The van der Waals surface area contributed by atoms with Gasteiger partial charge in [-0.05, 0) is 53.6 Å². The molecule has 1 amide bonds. The van der Waals surface area contributed by atoms with Crippen LogP contribution in [0.15, 0.2) is 73.1 Å². The maximum Gasteiger partial charge on any atom is 0.229 e. The molecule has 6 rings (SSSR count). The van der Waals surface area contributed by atoms with E-state index in [4.69, 9.17) is 4.98 Å². The number of phenolic OH excluding ortho intramolecular Hbond substituents is 1. The Hall–Kier alpha value is -5.05. The predicted octanol–water partition coefficient (Wildman–Crippen LogP) is 6.66. The van der Waals surface area contributed by atoms with Crippen LogP contribution in [0.3, 0.4) is 0 Å². The molecule has 0 bridgehead atoms. The molecule has 0 aliphatic rings. The number of carbonyl (C=O) groups excluding carboxylic acids is 1. The van der Waals surface area contributed by atoms with Crippen LogP contribution in [0.4, 0.5) is 10.1 Å². The monoisotopic (exact) mass is 520 g/mol. The molecule has 6 aromatic rings. The summed E-state index contributed by atoms with van der Waals surface area (Å²) >= 11 is 0. The molecule has 4 aromatic heterocycles. The Morgan fingerprint density at radius 1 is 0.974 bits per heavy atom. The van der Waals surface area contributed by atoms with Gasteiger partial charge in [0.15, 0.2) is 0 Å². The average molecular weight is 521 g/mol. The first kappa shape index (κ1) is 24.3. The molecule has 2 aromatic carbocycles. The summed E-state index contributed by atoms with van der Waals surface area (Å²) in [5, 5.41) is 21.2. The van der Waals surface area contributed by atoms with E-state index in [0.29, 0.717) is 28.2 Å². The van der Waals surface area contributed by atoms with Crippen LogP contribution in [0.5, 0.6) is 5.75 Å². The summed E-state index contributed by atoms with van der Waals surface area (Å²) in [7, 11) is 0. The summed E-state index contributed by atoms with van der Waals surface area (Å²) < 4.78 is 14.0. The third kappa shape index (κ3) is 4.59. The highest BCUT2D eigenvalue weighted by atomic mass is 19.1. The number of anilines is 1. The molecule has 8 nitrogen and oxygen atoms in total. The molecule has 0 saturated heterocycles. The second kappa shape index (κ2) is 9.05. The molecular weight excluding hydrogens is 495 g/mol. The Bertz CT molecular complexity index is 1860. The molecule has 0 atom stereocenters. The van der Waals surface area contributed by atoms with Gasteiger partial charge in [0.1, 0.15) is 22.8 Å². The number of amides is 1. The highest BCUT2D eigenvalue weighted by Crippen LogP contribution is 2.35. The van der Waals surface area contributed by atoms with Crippen molar-refractivity contribution in [2.45, 2.75) is 20.8 Å². The smallest absolute Gasteiger partial charge is 0.229 e. The number of nitrogens with zero attached hydrogens (tertiary/aromatic N) is 3. The molecule has 9 heteroatoms. The standard InChI is InChI=1S/C30H25FN6O2/c1-30(2,3)29(39)33-19-10-17(14-32-15-19)23-7-8-25-27(35-23)28(37-36-25)26-13-22-21(5-4-6-24(22)34-26)16-9-18(31)12-20(38)11-16/h4-15,34,38H,1-3H3,(H,33,39)(H,36,37). The average Bonchev–Trinajstić information content (AvgIpc) is 3.51. The topological polar surface area (TPSA) is 120 Å². The highest BCUT2D eigenvalue weighted by Gasteiger charge is 2.21. The van der Waals surface area contributed by atoms with Crippen molar-refractivity contribution >= 4 is 33.5 Å². The minimum atomic E-state index is -0.534. The van der Waals surface area contributed by atoms with Crippen molar-refractivity contribution < 1.29 is 14.3 Å². The fourth-order valence-electron chi connectivity index (χ4n) is 4.48. The van der Waals surface area contributed by atoms with Crippen LogP contribution in [0.1, 0.15) is 20.8 Å². The van der Waals surface area contributed by atoms with Crippen LogP contribution in [-0.4, -0.2) is 36.2 Å². The van der Waals surface area contributed by atoms with Crippen molar-refractivity contribution in [1.29, 1.82) is 0 Å². The van der Waals surface area contributed by atoms with E-state index in [2.05, 4.69) is 25.5 Å². The molecule has 4 heterocycles. The van der Waals surface area contributed by atoms with Crippen LogP contribution < -0.4 is 5.32 Å². The molecule has 0 aliphatic carbocycles. The Balaban J connectivity index is 1.41. The van der Waals surface area contributed by atoms with Crippen LogP contribution in [0.2, 0.25) is 0 Å². The van der Waals surface area contributed by atoms with E-state index < -0.39 is 11.2 Å². The number of halogens is 1. The molecule has 0 spiro atoms. The number of aromatic hydroxyl groups is 1. The lowest BCUT2D eigenvalue weighted by Crippen LogP contribution is -2.27. The summed E-state index contributed by atoms with van der Waals surface area (Å²) in [5.41, 5.74) is 6.45. The van der Waals surface area contributed by atoms with Crippen LogP contribution >= 0.6 is 0 Å². The van der Waals surface area contributed by atoms with Gasteiger partial charge in [-0.3, -0.25) is 14.9 Å². The zero-order valence-electron chi connectivity index (χ0n) is 21.5. The number of rotatable bonds is 4. The van der Waals surface area contributed by atoms with Gasteiger partial charge in [0.05, 0.1) is 28.8 Å². The number of hydrogen-bond acceptors (Lipinski definition) is 5. The predicted molar refractivity (Wildman–Crippen MR) is 150 cm³/mol. The number of carbonyl (C=O) groups is 1. The SMILES string of the molecule is CC(C)(C)C(=O)Nc1cncc(-c2ccc3[nH]nc(-c4cc5c(-c6cc(O)cc(F)c6)cccc5[nH]4)c3n2)c1.